The Morgan fingerprint density at radius 1 is 1.00 bits per heavy atom. The van der Waals surface area contributed by atoms with Gasteiger partial charge in [0.1, 0.15) is 6.07 Å². The summed E-state index contributed by atoms with van der Waals surface area (Å²) in [5.41, 5.74) is 2.61. The third kappa shape index (κ3) is 3.82. The summed E-state index contributed by atoms with van der Waals surface area (Å²) in [6.07, 6.45) is 0. The van der Waals surface area contributed by atoms with Crippen LogP contribution in [0.2, 0.25) is 0 Å². The third-order valence-corrected chi connectivity index (χ3v) is 4.94. The summed E-state index contributed by atoms with van der Waals surface area (Å²) >= 11 is 10.3. The predicted octanol–water partition coefficient (Wildman–Crippen LogP) is 5.46. The second-order valence-corrected chi connectivity index (χ2v) is 6.53. The van der Waals surface area contributed by atoms with Crippen LogP contribution >= 0.6 is 47.8 Å². The number of nitrogens with zero attached hydrogens (tertiary/aromatic N) is 1. The van der Waals surface area contributed by atoms with Gasteiger partial charge in [-0.3, -0.25) is 0 Å². The monoisotopic (exact) mass is 442 g/mol. The number of rotatable bonds is 3. The third-order valence-electron chi connectivity index (χ3n) is 2.57. The van der Waals surface area contributed by atoms with Gasteiger partial charge >= 0.3 is 0 Å². The maximum Gasteiger partial charge on any atom is 0.101 e. The quantitative estimate of drug-likeness (QED) is 0.682. The molecule has 0 saturated carbocycles. The summed E-state index contributed by atoms with van der Waals surface area (Å²) in [6, 6.07) is 13.9. The van der Waals surface area contributed by atoms with Gasteiger partial charge in [0.2, 0.25) is 0 Å². The summed E-state index contributed by atoms with van der Waals surface area (Å²) < 4.78 is 2.95. The highest BCUT2D eigenvalue weighted by Gasteiger charge is 2.03. The molecule has 0 bridgehead atoms. The SMILES string of the molecule is N#Cc1cc(Br)ccc1NCc1ccc(Br)c(Br)c1. The van der Waals surface area contributed by atoms with Gasteiger partial charge in [-0.25, -0.2) is 0 Å². The maximum absolute atomic E-state index is 9.10. The molecular weight excluding hydrogens is 436 g/mol. The molecular formula is C14H9Br3N2. The summed E-state index contributed by atoms with van der Waals surface area (Å²) in [5.74, 6) is 0. The molecule has 1 N–H and O–H groups in total. The van der Waals surface area contributed by atoms with Crippen molar-refractivity contribution < 1.29 is 0 Å². The van der Waals surface area contributed by atoms with Crippen molar-refractivity contribution in [3.05, 3.63) is 60.9 Å². The molecule has 0 heterocycles. The van der Waals surface area contributed by atoms with Crippen molar-refractivity contribution in [1.82, 2.24) is 0 Å². The van der Waals surface area contributed by atoms with Gasteiger partial charge in [-0.2, -0.15) is 5.26 Å². The van der Waals surface area contributed by atoms with Crippen LogP contribution in [0.25, 0.3) is 0 Å². The summed E-state index contributed by atoms with van der Waals surface area (Å²) in [4.78, 5) is 0. The summed E-state index contributed by atoms with van der Waals surface area (Å²) in [5, 5.41) is 12.4. The lowest BCUT2D eigenvalue weighted by atomic mass is 10.1. The van der Waals surface area contributed by atoms with E-state index in [-0.39, 0.29) is 0 Å². The minimum absolute atomic E-state index is 0.630. The number of hydrogen-bond acceptors (Lipinski definition) is 2. The molecule has 2 nitrogen and oxygen atoms in total. The number of hydrogen-bond donors (Lipinski definition) is 1. The zero-order valence-electron chi connectivity index (χ0n) is 9.75. The minimum Gasteiger partial charge on any atom is -0.380 e. The van der Waals surface area contributed by atoms with Gasteiger partial charge in [-0.15, -0.1) is 0 Å². The number of anilines is 1. The smallest absolute Gasteiger partial charge is 0.101 e. The van der Waals surface area contributed by atoms with Crippen molar-refractivity contribution in [1.29, 1.82) is 5.26 Å². The van der Waals surface area contributed by atoms with Crippen molar-refractivity contribution in [2.45, 2.75) is 6.54 Å². The van der Waals surface area contributed by atoms with Crippen molar-refractivity contribution in [2.75, 3.05) is 5.32 Å². The van der Waals surface area contributed by atoms with E-state index in [1.807, 2.05) is 30.3 Å². The summed E-state index contributed by atoms with van der Waals surface area (Å²) in [6.45, 7) is 0.669. The van der Waals surface area contributed by atoms with E-state index in [1.165, 1.54) is 0 Å². The highest BCUT2D eigenvalue weighted by atomic mass is 79.9. The van der Waals surface area contributed by atoms with E-state index in [9.17, 15) is 0 Å². The molecule has 0 atom stereocenters. The van der Waals surface area contributed by atoms with Crippen LogP contribution in [-0.2, 0) is 6.54 Å². The highest BCUT2D eigenvalue weighted by molar-refractivity contribution is 9.13. The first kappa shape index (κ1) is 14.6. The minimum atomic E-state index is 0.630. The zero-order valence-corrected chi connectivity index (χ0v) is 14.5. The standard InChI is InChI=1S/C14H9Br3N2/c15-11-2-4-14(10(6-11)7-18)19-8-9-1-3-12(16)13(17)5-9/h1-6,19H,8H2. The Morgan fingerprint density at radius 3 is 2.47 bits per heavy atom. The molecule has 0 amide bonds. The molecule has 0 unspecified atom stereocenters. The van der Waals surface area contributed by atoms with Gasteiger partial charge in [0, 0.05) is 20.0 Å². The lowest BCUT2D eigenvalue weighted by molar-refractivity contribution is 1.14. The zero-order chi connectivity index (χ0) is 13.8. The van der Waals surface area contributed by atoms with Crippen molar-refractivity contribution in [3.63, 3.8) is 0 Å². The van der Waals surface area contributed by atoms with Crippen LogP contribution in [0.15, 0.2) is 49.8 Å². The van der Waals surface area contributed by atoms with E-state index in [0.717, 1.165) is 24.7 Å². The first-order chi connectivity index (χ1) is 9.10. The van der Waals surface area contributed by atoms with E-state index >= 15 is 0 Å². The topological polar surface area (TPSA) is 35.8 Å². The van der Waals surface area contributed by atoms with Gasteiger partial charge in [-0.05, 0) is 67.8 Å². The van der Waals surface area contributed by atoms with Crippen LogP contribution in [0, 0.1) is 11.3 Å². The molecule has 0 radical (unpaired) electrons. The first-order valence-electron chi connectivity index (χ1n) is 5.47. The van der Waals surface area contributed by atoms with Crippen LogP contribution in [0.3, 0.4) is 0 Å². The average Bonchev–Trinajstić information content (AvgIpc) is 2.41. The lowest BCUT2D eigenvalue weighted by Gasteiger charge is -2.09. The van der Waals surface area contributed by atoms with Gasteiger partial charge in [0.25, 0.3) is 0 Å². The van der Waals surface area contributed by atoms with Crippen LogP contribution in [-0.4, -0.2) is 0 Å². The van der Waals surface area contributed by atoms with E-state index in [4.69, 9.17) is 5.26 Å². The molecule has 0 aliphatic carbocycles. The van der Waals surface area contributed by atoms with E-state index < -0.39 is 0 Å². The van der Waals surface area contributed by atoms with Crippen molar-refractivity contribution in [3.8, 4) is 6.07 Å². The van der Waals surface area contributed by atoms with Gasteiger partial charge in [-0.1, -0.05) is 22.0 Å². The lowest BCUT2D eigenvalue weighted by Crippen LogP contribution is -2.01. The fraction of sp³-hybridized carbons (Fsp3) is 0.0714. The largest absolute Gasteiger partial charge is 0.380 e. The van der Waals surface area contributed by atoms with Crippen molar-refractivity contribution >= 4 is 53.5 Å². The number of nitrogens with one attached hydrogen (secondary N) is 1. The Hall–Kier alpha value is -0.830. The Bertz CT molecular complexity index is 648. The molecule has 0 aliphatic heterocycles. The normalized spacial score (nSPS) is 10.0. The molecule has 96 valence electrons. The van der Waals surface area contributed by atoms with Gasteiger partial charge in [0.05, 0.1) is 11.3 Å². The molecule has 0 fully saturated rings. The second-order valence-electron chi connectivity index (χ2n) is 3.90. The Labute approximate surface area is 137 Å². The predicted molar refractivity (Wildman–Crippen MR) is 88.0 cm³/mol. The first-order valence-corrected chi connectivity index (χ1v) is 7.85. The Morgan fingerprint density at radius 2 is 1.79 bits per heavy atom. The van der Waals surface area contributed by atoms with E-state index in [1.54, 1.807) is 6.07 Å². The number of benzene rings is 2. The van der Waals surface area contributed by atoms with Crippen LogP contribution in [0.4, 0.5) is 5.69 Å². The molecule has 0 saturated heterocycles. The average molecular weight is 445 g/mol. The van der Waals surface area contributed by atoms with Crippen LogP contribution in [0.1, 0.15) is 11.1 Å². The van der Waals surface area contributed by atoms with Crippen LogP contribution in [0.5, 0.6) is 0 Å². The fourth-order valence-electron chi connectivity index (χ4n) is 1.61. The second kappa shape index (κ2) is 6.56. The van der Waals surface area contributed by atoms with Crippen LogP contribution < -0.4 is 5.32 Å². The van der Waals surface area contributed by atoms with E-state index in [2.05, 4.69) is 59.2 Å². The fourth-order valence-corrected chi connectivity index (χ4v) is 2.64. The highest BCUT2D eigenvalue weighted by Crippen LogP contribution is 2.25. The number of halogens is 3. The Kier molecular flexibility index (Phi) is 5.03. The molecule has 2 rings (SSSR count). The molecule has 5 heteroatoms. The molecule has 0 aromatic heterocycles. The Balaban J connectivity index is 2.14. The molecule has 2 aromatic rings. The molecule has 19 heavy (non-hydrogen) atoms. The maximum atomic E-state index is 9.10. The van der Waals surface area contributed by atoms with Gasteiger partial charge in [0.15, 0.2) is 0 Å². The molecule has 0 aliphatic rings. The van der Waals surface area contributed by atoms with E-state index in [0.29, 0.717) is 12.1 Å². The summed E-state index contributed by atoms with van der Waals surface area (Å²) in [7, 11) is 0. The molecule has 0 spiro atoms. The van der Waals surface area contributed by atoms with Gasteiger partial charge < -0.3 is 5.32 Å². The number of nitriles is 1. The van der Waals surface area contributed by atoms with Crippen molar-refractivity contribution in [2.24, 2.45) is 0 Å². The molecule has 2 aromatic carbocycles.